The SMILES string of the molecule is Oc1c(C(F)(F)F)ccc(C(F)(F)F)c1O. The van der Waals surface area contributed by atoms with Gasteiger partial charge in [-0.1, -0.05) is 0 Å². The van der Waals surface area contributed by atoms with Crippen molar-refractivity contribution in [1.29, 1.82) is 0 Å². The molecule has 16 heavy (non-hydrogen) atoms. The number of hydrogen-bond acceptors (Lipinski definition) is 2. The standard InChI is InChI=1S/C8H4F6O2/c9-7(10,11)3-1-2-4(8(12,13)14)6(16)5(3)15/h1-2,15-16H. The number of aromatic hydroxyl groups is 2. The predicted octanol–water partition coefficient (Wildman–Crippen LogP) is 3.14. The summed E-state index contributed by atoms with van der Waals surface area (Å²) in [5, 5.41) is 17.6. The molecule has 1 rings (SSSR count). The van der Waals surface area contributed by atoms with Gasteiger partial charge in [0.25, 0.3) is 0 Å². The van der Waals surface area contributed by atoms with E-state index in [9.17, 15) is 26.3 Å². The summed E-state index contributed by atoms with van der Waals surface area (Å²) in [6, 6.07) is 0.107. The third-order valence-electron chi connectivity index (χ3n) is 1.76. The van der Waals surface area contributed by atoms with Gasteiger partial charge in [-0.25, -0.2) is 0 Å². The molecular weight excluding hydrogens is 242 g/mol. The number of alkyl halides is 6. The number of benzene rings is 1. The van der Waals surface area contributed by atoms with Crippen LogP contribution in [0.1, 0.15) is 11.1 Å². The fourth-order valence-corrected chi connectivity index (χ4v) is 1.04. The highest BCUT2D eigenvalue weighted by atomic mass is 19.4. The minimum Gasteiger partial charge on any atom is -0.504 e. The summed E-state index contributed by atoms with van der Waals surface area (Å²) < 4.78 is 72.6. The molecule has 1 aromatic carbocycles. The van der Waals surface area contributed by atoms with Gasteiger partial charge in [0.05, 0.1) is 0 Å². The first kappa shape index (κ1) is 12.5. The van der Waals surface area contributed by atoms with Crippen molar-refractivity contribution in [3.8, 4) is 11.5 Å². The van der Waals surface area contributed by atoms with E-state index in [-0.39, 0.29) is 12.1 Å². The molecule has 0 spiro atoms. The monoisotopic (exact) mass is 246 g/mol. The Balaban J connectivity index is 3.41. The molecule has 0 aliphatic carbocycles. The molecule has 0 atom stereocenters. The Kier molecular flexibility index (Phi) is 2.70. The predicted molar refractivity (Wildman–Crippen MR) is 39.8 cm³/mol. The van der Waals surface area contributed by atoms with Gasteiger partial charge in [0.1, 0.15) is 11.1 Å². The van der Waals surface area contributed by atoms with Crippen molar-refractivity contribution in [2.75, 3.05) is 0 Å². The maximum absolute atomic E-state index is 12.1. The molecule has 0 fully saturated rings. The van der Waals surface area contributed by atoms with Crippen molar-refractivity contribution in [3.05, 3.63) is 23.3 Å². The molecule has 1 aromatic rings. The van der Waals surface area contributed by atoms with Gasteiger partial charge < -0.3 is 10.2 Å². The van der Waals surface area contributed by atoms with Crippen molar-refractivity contribution >= 4 is 0 Å². The van der Waals surface area contributed by atoms with Crippen LogP contribution in [0, 0.1) is 0 Å². The van der Waals surface area contributed by atoms with E-state index in [1.807, 2.05) is 0 Å². The summed E-state index contributed by atoms with van der Waals surface area (Å²) in [6.07, 6.45) is -10.1. The molecule has 0 amide bonds. The highest BCUT2D eigenvalue weighted by Gasteiger charge is 2.40. The van der Waals surface area contributed by atoms with Crippen LogP contribution in [-0.4, -0.2) is 10.2 Å². The lowest BCUT2D eigenvalue weighted by Gasteiger charge is -2.14. The van der Waals surface area contributed by atoms with Gasteiger partial charge in [-0.05, 0) is 12.1 Å². The van der Waals surface area contributed by atoms with Gasteiger partial charge in [-0.2, -0.15) is 26.3 Å². The van der Waals surface area contributed by atoms with Gasteiger partial charge in [0.15, 0.2) is 11.5 Å². The normalized spacial score (nSPS) is 12.9. The molecule has 0 saturated heterocycles. The lowest BCUT2D eigenvalue weighted by molar-refractivity contribution is -0.143. The van der Waals surface area contributed by atoms with E-state index in [1.54, 1.807) is 0 Å². The smallest absolute Gasteiger partial charge is 0.420 e. The lowest BCUT2D eigenvalue weighted by atomic mass is 10.1. The first-order valence-electron chi connectivity index (χ1n) is 3.74. The molecular formula is C8H4F6O2. The van der Waals surface area contributed by atoms with Crippen molar-refractivity contribution in [3.63, 3.8) is 0 Å². The molecule has 0 heterocycles. The van der Waals surface area contributed by atoms with Crippen LogP contribution in [0.5, 0.6) is 11.5 Å². The van der Waals surface area contributed by atoms with Crippen LogP contribution in [0.3, 0.4) is 0 Å². The molecule has 0 unspecified atom stereocenters. The quantitative estimate of drug-likeness (QED) is 0.545. The van der Waals surface area contributed by atoms with Crippen LogP contribution in [0.15, 0.2) is 12.1 Å². The second kappa shape index (κ2) is 3.46. The van der Waals surface area contributed by atoms with Gasteiger partial charge in [-0.3, -0.25) is 0 Å². The van der Waals surface area contributed by atoms with E-state index in [2.05, 4.69) is 0 Å². The van der Waals surface area contributed by atoms with Crippen molar-refractivity contribution in [2.45, 2.75) is 12.4 Å². The van der Waals surface area contributed by atoms with Crippen LogP contribution in [0.4, 0.5) is 26.3 Å². The summed E-state index contributed by atoms with van der Waals surface area (Å²) in [5.41, 5.74) is -3.45. The molecule has 0 saturated carbocycles. The lowest BCUT2D eigenvalue weighted by Crippen LogP contribution is -2.09. The second-order valence-electron chi connectivity index (χ2n) is 2.85. The molecule has 0 bridgehead atoms. The number of hydrogen-bond donors (Lipinski definition) is 2. The molecule has 2 N–H and O–H groups in total. The fraction of sp³-hybridized carbons (Fsp3) is 0.250. The summed E-state index contributed by atoms with van der Waals surface area (Å²) in [5.74, 6) is -3.66. The Morgan fingerprint density at radius 1 is 0.688 bits per heavy atom. The molecule has 0 radical (unpaired) electrons. The molecule has 2 nitrogen and oxygen atoms in total. The second-order valence-corrected chi connectivity index (χ2v) is 2.85. The molecule has 8 heteroatoms. The average Bonchev–Trinajstić information content (AvgIpc) is 2.05. The van der Waals surface area contributed by atoms with Crippen molar-refractivity contribution in [2.24, 2.45) is 0 Å². The summed E-state index contributed by atoms with van der Waals surface area (Å²) in [7, 11) is 0. The summed E-state index contributed by atoms with van der Waals surface area (Å²) in [6.45, 7) is 0. The van der Waals surface area contributed by atoms with E-state index in [4.69, 9.17) is 10.2 Å². The summed E-state index contributed by atoms with van der Waals surface area (Å²) >= 11 is 0. The average molecular weight is 246 g/mol. The first-order chi connectivity index (χ1) is 7.05. The van der Waals surface area contributed by atoms with E-state index >= 15 is 0 Å². The first-order valence-corrected chi connectivity index (χ1v) is 3.74. The Hall–Kier alpha value is -1.60. The molecule has 0 aliphatic heterocycles. The highest BCUT2D eigenvalue weighted by Crippen LogP contribution is 2.46. The van der Waals surface area contributed by atoms with Crippen molar-refractivity contribution < 1.29 is 36.6 Å². The minimum atomic E-state index is -5.04. The Bertz CT molecular complexity index is 367. The topological polar surface area (TPSA) is 40.5 Å². The zero-order valence-corrected chi connectivity index (χ0v) is 7.32. The Morgan fingerprint density at radius 2 is 0.938 bits per heavy atom. The number of halogens is 6. The largest absolute Gasteiger partial charge is 0.504 e. The zero-order chi connectivity index (χ0) is 12.7. The highest BCUT2D eigenvalue weighted by molar-refractivity contribution is 5.52. The summed E-state index contributed by atoms with van der Waals surface area (Å²) in [4.78, 5) is 0. The van der Waals surface area contributed by atoms with Crippen LogP contribution < -0.4 is 0 Å². The molecule has 0 aliphatic rings. The molecule has 0 aromatic heterocycles. The Labute approximate surface area is 84.7 Å². The minimum absolute atomic E-state index is 0.0534. The van der Waals surface area contributed by atoms with E-state index < -0.39 is 35.0 Å². The van der Waals surface area contributed by atoms with Gasteiger partial charge in [-0.15, -0.1) is 0 Å². The van der Waals surface area contributed by atoms with E-state index in [0.717, 1.165) is 0 Å². The number of rotatable bonds is 0. The molecule has 90 valence electrons. The van der Waals surface area contributed by atoms with Crippen LogP contribution in [-0.2, 0) is 12.4 Å². The van der Waals surface area contributed by atoms with Gasteiger partial charge in [0, 0.05) is 0 Å². The van der Waals surface area contributed by atoms with Crippen LogP contribution >= 0.6 is 0 Å². The third kappa shape index (κ3) is 2.15. The van der Waals surface area contributed by atoms with Gasteiger partial charge in [0.2, 0.25) is 0 Å². The zero-order valence-electron chi connectivity index (χ0n) is 7.32. The van der Waals surface area contributed by atoms with E-state index in [0.29, 0.717) is 0 Å². The maximum atomic E-state index is 12.1. The third-order valence-corrected chi connectivity index (χ3v) is 1.76. The number of phenolic OH excluding ortho intramolecular Hbond substituents is 2. The van der Waals surface area contributed by atoms with Gasteiger partial charge >= 0.3 is 12.4 Å². The van der Waals surface area contributed by atoms with Crippen molar-refractivity contribution in [1.82, 2.24) is 0 Å². The maximum Gasteiger partial charge on any atom is 0.420 e. The van der Waals surface area contributed by atoms with Crippen LogP contribution in [0.2, 0.25) is 0 Å². The number of phenols is 2. The van der Waals surface area contributed by atoms with E-state index in [1.165, 1.54) is 0 Å². The fourth-order valence-electron chi connectivity index (χ4n) is 1.04. The van der Waals surface area contributed by atoms with Crippen LogP contribution in [0.25, 0.3) is 0 Å². The Morgan fingerprint density at radius 3 is 1.12 bits per heavy atom.